The van der Waals surface area contributed by atoms with Gasteiger partial charge in [0, 0.05) is 25.3 Å². The second kappa shape index (κ2) is 16.1. The van der Waals surface area contributed by atoms with E-state index in [1.165, 1.54) is 22.8 Å². The molecule has 0 aliphatic rings. The summed E-state index contributed by atoms with van der Waals surface area (Å²) in [5.41, 5.74) is 5.06. The van der Waals surface area contributed by atoms with Crippen LogP contribution in [-0.2, 0) is 17.8 Å². The van der Waals surface area contributed by atoms with Gasteiger partial charge in [-0.1, -0.05) is 73.5 Å². The normalized spacial score (nSPS) is 12.1. The number of aromatic hydroxyl groups is 1. The van der Waals surface area contributed by atoms with Gasteiger partial charge in [-0.2, -0.15) is 0 Å². The molecule has 0 fully saturated rings. The van der Waals surface area contributed by atoms with Gasteiger partial charge in [0.15, 0.2) is 0 Å². The lowest BCUT2D eigenvalue weighted by molar-refractivity contribution is 0.126. The quantitative estimate of drug-likeness (QED) is 0.180. The van der Waals surface area contributed by atoms with Crippen molar-refractivity contribution in [2.45, 2.75) is 57.7 Å². The van der Waals surface area contributed by atoms with E-state index in [0.29, 0.717) is 17.7 Å². The summed E-state index contributed by atoms with van der Waals surface area (Å²) in [5.74, 6) is 0.0511. The van der Waals surface area contributed by atoms with Crippen LogP contribution < -0.4 is 5.32 Å². The van der Waals surface area contributed by atoms with E-state index in [-0.39, 0.29) is 12.4 Å². The number of rotatable bonds is 17. The second-order valence-corrected chi connectivity index (χ2v) is 9.32. The summed E-state index contributed by atoms with van der Waals surface area (Å²) in [4.78, 5) is 0. The minimum atomic E-state index is -0.655. The molecule has 36 heavy (non-hydrogen) atoms. The van der Waals surface area contributed by atoms with Gasteiger partial charge in [0.1, 0.15) is 5.75 Å². The number of ether oxygens (including phenoxy) is 1. The third kappa shape index (κ3) is 9.75. The van der Waals surface area contributed by atoms with Crippen LogP contribution in [0.1, 0.15) is 61.3 Å². The third-order valence-corrected chi connectivity index (χ3v) is 6.43. The summed E-state index contributed by atoms with van der Waals surface area (Å²) in [5, 5.41) is 32.4. The Labute approximate surface area is 215 Å². The van der Waals surface area contributed by atoms with Crippen molar-refractivity contribution in [2.24, 2.45) is 0 Å². The Hall–Kier alpha value is -2.70. The Morgan fingerprint density at radius 1 is 0.750 bits per heavy atom. The predicted molar refractivity (Wildman–Crippen MR) is 146 cm³/mol. The van der Waals surface area contributed by atoms with Gasteiger partial charge < -0.3 is 25.4 Å². The van der Waals surface area contributed by atoms with Crippen molar-refractivity contribution in [3.05, 3.63) is 89.5 Å². The highest BCUT2D eigenvalue weighted by Gasteiger charge is 2.10. The van der Waals surface area contributed by atoms with E-state index >= 15 is 0 Å². The molecule has 0 spiro atoms. The van der Waals surface area contributed by atoms with E-state index in [9.17, 15) is 15.3 Å². The Balaban J connectivity index is 1.15. The van der Waals surface area contributed by atoms with E-state index in [4.69, 9.17) is 4.74 Å². The number of nitrogens with one attached hydrogen (secondary N) is 1. The maximum atomic E-state index is 10.3. The van der Waals surface area contributed by atoms with E-state index in [1.54, 1.807) is 12.1 Å². The Kier molecular flexibility index (Phi) is 12.5. The lowest BCUT2D eigenvalue weighted by atomic mass is 10.0. The lowest BCUT2D eigenvalue weighted by Crippen LogP contribution is -2.22. The predicted octanol–water partition coefficient (Wildman–Crippen LogP) is 5.77. The van der Waals surface area contributed by atoms with Gasteiger partial charge in [-0.15, -0.1) is 0 Å². The summed E-state index contributed by atoms with van der Waals surface area (Å²) < 4.78 is 5.82. The number of aryl methyl sites for hydroxylation is 1. The zero-order chi connectivity index (χ0) is 25.4. The summed E-state index contributed by atoms with van der Waals surface area (Å²) >= 11 is 0. The Bertz CT molecular complexity index is 1010. The summed E-state index contributed by atoms with van der Waals surface area (Å²) in [6.45, 7) is 2.72. The maximum absolute atomic E-state index is 10.3. The van der Waals surface area contributed by atoms with Gasteiger partial charge in [-0.3, -0.25) is 0 Å². The van der Waals surface area contributed by atoms with Crippen LogP contribution in [0, 0.1) is 0 Å². The first-order valence-electron chi connectivity index (χ1n) is 13.2. The molecule has 0 aliphatic carbocycles. The second-order valence-electron chi connectivity index (χ2n) is 9.32. The molecule has 0 saturated carbocycles. The van der Waals surface area contributed by atoms with Crippen molar-refractivity contribution in [1.82, 2.24) is 5.32 Å². The molecule has 0 saturated heterocycles. The van der Waals surface area contributed by atoms with Crippen LogP contribution in [0.3, 0.4) is 0 Å². The van der Waals surface area contributed by atoms with Gasteiger partial charge in [-0.05, 0) is 73.0 Å². The molecule has 5 heteroatoms. The summed E-state index contributed by atoms with van der Waals surface area (Å²) in [6.07, 6.45) is 7.08. The Morgan fingerprint density at radius 2 is 1.50 bits per heavy atom. The van der Waals surface area contributed by atoms with Crippen LogP contribution in [-0.4, -0.2) is 41.6 Å². The van der Waals surface area contributed by atoms with Crippen molar-refractivity contribution >= 4 is 0 Å². The smallest absolute Gasteiger partial charge is 0.121 e. The van der Waals surface area contributed by atoms with Crippen molar-refractivity contribution in [3.63, 3.8) is 0 Å². The molecule has 0 aliphatic heterocycles. The number of aliphatic hydroxyl groups excluding tert-OH is 2. The van der Waals surface area contributed by atoms with Crippen molar-refractivity contribution in [3.8, 4) is 16.9 Å². The van der Waals surface area contributed by atoms with Crippen molar-refractivity contribution < 1.29 is 20.1 Å². The fraction of sp³-hybridized carbons (Fsp3) is 0.419. The van der Waals surface area contributed by atoms with Crippen LogP contribution in [0.15, 0.2) is 72.8 Å². The SMILES string of the molecule is OCc1cc([C@@H](O)CNCCCCCCOCCCCc2cccc(-c3ccccc3)c2)ccc1O. The molecule has 0 aromatic heterocycles. The molecule has 3 aromatic carbocycles. The van der Waals surface area contributed by atoms with E-state index in [1.807, 2.05) is 0 Å². The zero-order valence-corrected chi connectivity index (χ0v) is 21.2. The Morgan fingerprint density at radius 3 is 2.31 bits per heavy atom. The topological polar surface area (TPSA) is 82.0 Å². The first-order chi connectivity index (χ1) is 17.7. The maximum Gasteiger partial charge on any atom is 0.121 e. The van der Waals surface area contributed by atoms with Crippen LogP contribution >= 0.6 is 0 Å². The van der Waals surface area contributed by atoms with Gasteiger partial charge in [0.25, 0.3) is 0 Å². The fourth-order valence-corrected chi connectivity index (χ4v) is 4.28. The highest BCUT2D eigenvalue weighted by molar-refractivity contribution is 5.63. The molecule has 194 valence electrons. The van der Waals surface area contributed by atoms with Gasteiger partial charge >= 0.3 is 0 Å². The minimum Gasteiger partial charge on any atom is -0.508 e. The number of unbranched alkanes of at least 4 members (excludes halogenated alkanes) is 4. The number of benzene rings is 3. The molecule has 3 rings (SSSR count). The molecule has 0 unspecified atom stereocenters. The average molecular weight is 492 g/mol. The molecule has 3 aromatic rings. The molecule has 0 bridgehead atoms. The zero-order valence-electron chi connectivity index (χ0n) is 21.2. The van der Waals surface area contributed by atoms with E-state index in [0.717, 1.165) is 64.7 Å². The van der Waals surface area contributed by atoms with E-state index in [2.05, 4.69) is 59.9 Å². The molecular weight excluding hydrogens is 450 g/mol. The molecule has 0 heterocycles. The van der Waals surface area contributed by atoms with Gasteiger partial charge in [0.2, 0.25) is 0 Å². The molecular formula is C31H41NO4. The number of phenols is 1. The standard InChI is InChI=1S/C31H41NO4/c33-24-29-22-28(16-17-30(29)34)31(35)23-32-18-7-1-2-8-19-36-20-9-6-11-25-12-10-15-27(21-25)26-13-4-3-5-14-26/h3-5,10,12-17,21-22,31-35H,1-2,6-9,11,18-20,23-24H2/t31-/m0/s1. The first-order valence-corrected chi connectivity index (χ1v) is 13.2. The molecule has 4 N–H and O–H groups in total. The van der Waals surface area contributed by atoms with Crippen LogP contribution in [0.2, 0.25) is 0 Å². The van der Waals surface area contributed by atoms with Gasteiger partial charge in [0.05, 0.1) is 12.7 Å². The molecule has 1 atom stereocenters. The van der Waals surface area contributed by atoms with Crippen LogP contribution in [0.5, 0.6) is 5.75 Å². The lowest BCUT2D eigenvalue weighted by Gasteiger charge is -2.14. The number of hydrogen-bond donors (Lipinski definition) is 4. The largest absolute Gasteiger partial charge is 0.508 e. The minimum absolute atomic E-state index is 0.0511. The van der Waals surface area contributed by atoms with Gasteiger partial charge in [-0.25, -0.2) is 0 Å². The molecule has 5 nitrogen and oxygen atoms in total. The van der Waals surface area contributed by atoms with Crippen molar-refractivity contribution in [2.75, 3.05) is 26.3 Å². The number of hydrogen-bond acceptors (Lipinski definition) is 5. The first kappa shape index (κ1) is 27.9. The summed E-state index contributed by atoms with van der Waals surface area (Å²) in [6, 6.07) is 24.2. The highest BCUT2D eigenvalue weighted by Crippen LogP contribution is 2.22. The fourth-order valence-electron chi connectivity index (χ4n) is 4.28. The summed E-state index contributed by atoms with van der Waals surface area (Å²) in [7, 11) is 0. The molecule has 0 radical (unpaired) electrons. The highest BCUT2D eigenvalue weighted by atomic mass is 16.5. The molecule has 0 amide bonds. The number of aliphatic hydroxyl groups is 2. The van der Waals surface area contributed by atoms with Crippen LogP contribution in [0.25, 0.3) is 11.1 Å². The van der Waals surface area contributed by atoms with Crippen molar-refractivity contribution in [1.29, 1.82) is 0 Å². The monoisotopic (exact) mass is 491 g/mol. The van der Waals surface area contributed by atoms with Crippen LogP contribution in [0.4, 0.5) is 0 Å². The van der Waals surface area contributed by atoms with E-state index < -0.39 is 6.10 Å². The third-order valence-electron chi connectivity index (χ3n) is 6.43. The average Bonchev–Trinajstić information content (AvgIpc) is 2.92.